The second kappa shape index (κ2) is 3.97. The van der Waals surface area contributed by atoms with Gasteiger partial charge in [0, 0.05) is 10.6 Å². The number of likely N-dealkylation sites (N-methyl/N-ethyl adjacent to an activating group) is 1. The van der Waals surface area contributed by atoms with E-state index in [0.29, 0.717) is 16.7 Å². The molecule has 1 atom stereocenters. The SMILES string of the molecule is CCNC1COc2c(Cl)cc(Cl)cc21. The Morgan fingerprint density at radius 3 is 3.00 bits per heavy atom. The van der Waals surface area contributed by atoms with E-state index >= 15 is 0 Å². The summed E-state index contributed by atoms with van der Waals surface area (Å²) in [6, 6.07) is 3.82. The summed E-state index contributed by atoms with van der Waals surface area (Å²) in [4.78, 5) is 0. The molecule has 1 aliphatic rings. The van der Waals surface area contributed by atoms with Gasteiger partial charge in [0.05, 0.1) is 11.1 Å². The molecule has 1 N–H and O–H groups in total. The lowest BCUT2D eigenvalue weighted by atomic mass is 10.1. The molecular formula is C10H11Cl2NO. The Morgan fingerprint density at radius 1 is 1.50 bits per heavy atom. The van der Waals surface area contributed by atoms with Gasteiger partial charge in [-0.05, 0) is 18.7 Å². The van der Waals surface area contributed by atoms with Gasteiger partial charge in [-0.2, -0.15) is 0 Å². The fraction of sp³-hybridized carbons (Fsp3) is 0.400. The summed E-state index contributed by atoms with van der Waals surface area (Å²) in [5, 5.41) is 4.56. The highest BCUT2D eigenvalue weighted by Gasteiger charge is 2.25. The van der Waals surface area contributed by atoms with Crippen molar-refractivity contribution >= 4 is 23.2 Å². The highest BCUT2D eigenvalue weighted by atomic mass is 35.5. The van der Waals surface area contributed by atoms with Crippen LogP contribution >= 0.6 is 23.2 Å². The quantitative estimate of drug-likeness (QED) is 0.846. The molecule has 0 spiro atoms. The number of hydrogen-bond donors (Lipinski definition) is 1. The van der Waals surface area contributed by atoms with Crippen molar-refractivity contribution in [3.05, 3.63) is 27.7 Å². The minimum absolute atomic E-state index is 0.214. The molecule has 0 saturated carbocycles. The minimum Gasteiger partial charge on any atom is -0.490 e. The molecule has 1 unspecified atom stereocenters. The Hall–Kier alpha value is -0.440. The maximum Gasteiger partial charge on any atom is 0.142 e. The Labute approximate surface area is 93.2 Å². The number of hydrogen-bond acceptors (Lipinski definition) is 2. The van der Waals surface area contributed by atoms with Crippen LogP contribution in [0.4, 0.5) is 0 Å². The normalized spacial score (nSPS) is 19.2. The van der Waals surface area contributed by atoms with Crippen LogP contribution in [0.15, 0.2) is 12.1 Å². The Kier molecular flexibility index (Phi) is 2.86. The van der Waals surface area contributed by atoms with Crippen molar-refractivity contribution in [1.82, 2.24) is 5.32 Å². The van der Waals surface area contributed by atoms with E-state index in [9.17, 15) is 0 Å². The van der Waals surface area contributed by atoms with E-state index in [1.807, 2.05) is 6.07 Å². The van der Waals surface area contributed by atoms with Crippen LogP contribution in [0.3, 0.4) is 0 Å². The largest absolute Gasteiger partial charge is 0.490 e. The van der Waals surface area contributed by atoms with E-state index < -0.39 is 0 Å². The lowest BCUT2D eigenvalue weighted by Crippen LogP contribution is -2.21. The molecule has 1 heterocycles. The fourth-order valence-corrected chi connectivity index (χ4v) is 2.23. The molecule has 0 aromatic heterocycles. The van der Waals surface area contributed by atoms with Crippen molar-refractivity contribution in [3.63, 3.8) is 0 Å². The Balaban J connectivity index is 2.38. The predicted octanol–water partition coefficient (Wildman–Crippen LogP) is 3.04. The number of benzene rings is 1. The third-order valence-electron chi connectivity index (χ3n) is 2.26. The molecule has 1 aromatic carbocycles. The first-order valence-electron chi connectivity index (χ1n) is 4.57. The number of ether oxygens (including phenoxy) is 1. The van der Waals surface area contributed by atoms with Crippen molar-refractivity contribution in [2.75, 3.05) is 13.2 Å². The van der Waals surface area contributed by atoms with E-state index in [4.69, 9.17) is 27.9 Å². The van der Waals surface area contributed by atoms with Gasteiger partial charge in [-0.25, -0.2) is 0 Å². The van der Waals surface area contributed by atoms with Gasteiger partial charge in [0.15, 0.2) is 0 Å². The monoisotopic (exact) mass is 231 g/mol. The van der Waals surface area contributed by atoms with Gasteiger partial charge in [0.2, 0.25) is 0 Å². The molecule has 0 saturated heterocycles. The average molecular weight is 232 g/mol. The van der Waals surface area contributed by atoms with Crippen molar-refractivity contribution in [2.24, 2.45) is 0 Å². The standard InChI is InChI=1S/C10H11Cl2NO/c1-2-13-9-5-14-10-7(9)3-6(11)4-8(10)12/h3-4,9,13H,2,5H2,1H3. The predicted molar refractivity (Wildman–Crippen MR) is 58.4 cm³/mol. The van der Waals surface area contributed by atoms with Gasteiger partial charge in [0.25, 0.3) is 0 Å². The van der Waals surface area contributed by atoms with Gasteiger partial charge in [-0.15, -0.1) is 0 Å². The second-order valence-electron chi connectivity index (χ2n) is 3.23. The van der Waals surface area contributed by atoms with E-state index in [1.165, 1.54) is 0 Å². The van der Waals surface area contributed by atoms with E-state index in [0.717, 1.165) is 17.9 Å². The van der Waals surface area contributed by atoms with Crippen molar-refractivity contribution < 1.29 is 4.74 Å². The molecule has 0 fully saturated rings. The van der Waals surface area contributed by atoms with E-state index in [-0.39, 0.29) is 6.04 Å². The lowest BCUT2D eigenvalue weighted by Gasteiger charge is -2.09. The van der Waals surface area contributed by atoms with Crippen molar-refractivity contribution in [3.8, 4) is 5.75 Å². The third kappa shape index (κ3) is 1.70. The number of fused-ring (bicyclic) bond motifs is 1. The zero-order chi connectivity index (χ0) is 10.1. The molecule has 1 aliphatic heterocycles. The molecule has 1 aromatic rings. The molecule has 0 bridgehead atoms. The molecule has 4 heteroatoms. The van der Waals surface area contributed by atoms with Gasteiger partial charge in [-0.3, -0.25) is 0 Å². The average Bonchev–Trinajstić information content (AvgIpc) is 2.49. The first-order valence-corrected chi connectivity index (χ1v) is 5.33. The van der Waals surface area contributed by atoms with Gasteiger partial charge in [-0.1, -0.05) is 30.1 Å². The molecule has 0 amide bonds. The lowest BCUT2D eigenvalue weighted by molar-refractivity contribution is 0.313. The zero-order valence-electron chi connectivity index (χ0n) is 7.81. The summed E-state index contributed by atoms with van der Waals surface area (Å²) < 4.78 is 5.50. The Bertz CT molecular complexity index is 354. The zero-order valence-corrected chi connectivity index (χ0v) is 9.32. The summed E-state index contributed by atoms with van der Waals surface area (Å²) >= 11 is 11.9. The fourth-order valence-electron chi connectivity index (χ4n) is 1.66. The van der Waals surface area contributed by atoms with Gasteiger partial charge >= 0.3 is 0 Å². The highest BCUT2D eigenvalue weighted by molar-refractivity contribution is 6.35. The summed E-state index contributed by atoms with van der Waals surface area (Å²) in [5.74, 6) is 0.766. The summed E-state index contributed by atoms with van der Waals surface area (Å²) in [7, 11) is 0. The topological polar surface area (TPSA) is 21.3 Å². The third-order valence-corrected chi connectivity index (χ3v) is 2.76. The number of nitrogens with one attached hydrogen (secondary N) is 1. The maximum atomic E-state index is 6.00. The summed E-state index contributed by atoms with van der Waals surface area (Å²) in [6.45, 7) is 3.59. The van der Waals surface area contributed by atoms with Crippen molar-refractivity contribution in [2.45, 2.75) is 13.0 Å². The van der Waals surface area contributed by atoms with Crippen molar-refractivity contribution in [1.29, 1.82) is 0 Å². The van der Waals surface area contributed by atoms with Crippen LogP contribution in [0.5, 0.6) is 5.75 Å². The smallest absolute Gasteiger partial charge is 0.142 e. The molecule has 0 aliphatic carbocycles. The summed E-state index contributed by atoms with van der Waals surface area (Å²) in [5.41, 5.74) is 1.06. The van der Waals surface area contributed by atoms with Crippen LogP contribution in [0.25, 0.3) is 0 Å². The number of halogens is 2. The first-order chi connectivity index (χ1) is 6.72. The van der Waals surface area contributed by atoms with Crippen LogP contribution in [0, 0.1) is 0 Å². The molecule has 0 radical (unpaired) electrons. The van der Waals surface area contributed by atoms with Gasteiger partial charge in [0.1, 0.15) is 12.4 Å². The number of rotatable bonds is 2. The maximum absolute atomic E-state index is 6.00. The first kappa shape index (κ1) is 10.1. The van der Waals surface area contributed by atoms with Crippen LogP contribution in [-0.4, -0.2) is 13.2 Å². The highest BCUT2D eigenvalue weighted by Crippen LogP contribution is 2.40. The van der Waals surface area contributed by atoms with Crippen LogP contribution in [0.2, 0.25) is 10.0 Å². The molecule has 14 heavy (non-hydrogen) atoms. The Morgan fingerprint density at radius 2 is 2.29 bits per heavy atom. The molecular weight excluding hydrogens is 221 g/mol. The molecule has 2 rings (SSSR count). The molecule has 76 valence electrons. The molecule has 2 nitrogen and oxygen atoms in total. The van der Waals surface area contributed by atoms with E-state index in [2.05, 4.69) is 12.2 Å². The second-order valence-corrected chi connectivity index (χ2v) is 4.07. The van der Waals surface area contributed by atoms with Gasteiger partial charge < -0.3 is 10.1 Å². The van der Waals surface area contributed by atoms with E-state index in [1.54, 1.807) is 6.07 Å². The van der Waals surface area contributed by atoms with Crippen LogP contribution < -0.4 is 10.1 Å². The summed E-state index contributed by atoms with van der Waals surface area (Å²) in [6.07, 6.45) is 0. The van der Waals surface area contributed by atoms with Crippen LogP contribution in [-0.2, 0) is 0 Å². The minimum atomic E-state index is 0.214. The van der Waals surface area contributed by atoms with Crippen LogP contribution in [0.1, 0.15) is 18.5 Å².